The Morgan fingerprint density at radius 3 is 2.33 bits per heavy atom. The van der Waals surface area contributed by atoms with E-state index in [1.807, 2.05) is 42.5 Å². The summed E-state index contributed by atoms with van der Waals surface area (Å²) in [7, 11) is 0. The number of hydrogen-bond acceptors (Lipinski definition) is 2. The van der Waals surface area contributed by atoms with E-state index in [1.165, 1.54) is 0 Å². The van der Waals surface area contributed by atoms with E-state index >= 15 is 0 Å². The molecule has 0 amide bonds. The smallest absolute Gasteiger partial charge is 0.124 e. The maximum Gasteiger partial charge on any atom is 0.124 e. The normalized spacial score (nSPS) is 10.4. The molecule has 0 aliphatic rings. The fraction of sp³-hybridized carbons (Fsp3) is 0. The van der Waals surface area contributed by atoms with Crippen LogP contribution in [0.5, 0.6) is 5.75 Å². The maximum absolute atomic E-state index is 9.91. The first-order valence-electron chi connectivity index (χ1n) is 5.73. The van der Waals surface area contributed by atoms with Gasteiger partial charge in [0.05, 0.1) is 11.9 Å². The number of aromatic hydroxyl groups is 1. The number of para-hydroxylation sites is 1. The average Bonchev–Trinajstić information content (AvgIpc) is 2.89. The number of benzene rings is 2. The Morgan fingerprint density at radius 2 is 1.56 bits per heavy atom. The van der Waals surface area contributed by atoms with Crippen molar-refractivity contribution in [2.45, 2.75) is 0 Å². The number of nitrogens with zero attached hydrogens (tertiary/aromatic N) is 1. The van der Waals surface area contributed by atoms with E-state index in [0.29, 0.717) is 0 Å². The van der Waals surface area contributed by atoms with Crippen molar-refractivity contribution in [3.8, 4) is 28.1 Å². The third kappa shape index (κ3) is 1.76. The summed E-state index contributed by atoms with van der Waals surface area (Å²) in [5.74, 6) is 0.249. The van der Waals surface area contributed by atoms with Crippen molar-refractivity contribution in [2.75, 3.05) is 0 Å². The molecule has 18 heavy (non-hydrogen) atoms. The number of phenolic OH excluding ortho intramolecular Hbond substituents is 1. The van der Waals surface area contributed by atoms with Crippen LogP contribution < -0.4 is 0 Å². The van der Waals surface area contributed by atoms with Gasteiger partial charge in [-0.1, -0.05) is 42.5 Å². The molecule has 3 heteroatoms. The highest BCUT2D eigenvalue weighted by atomic mass is 16.3. The lowest BCUT2D eigenvalue weighted by Gasteiger charge is -2.05. The third-order valence-corrected chi connectivity index (χ3v) is 2.90. The Kier molecular flexibility index (Phi) is 2.57. The van der Waals surface area contributed by atoms with E-state index in [0.717, 1.165) is 22.4 Å². The van der Waals surface area contributed by atoms with Crippen LogP contribution in [0.25, 0.3) is 22.4 Å². The number of aromatic nitrogens is 2. The van der Waals surface area contributed by atoms with Crippen LogP contribution in [0.3, 0.4) is 0 Å². The monoisotopic (exact) mass is 236 g/mol. The molecule has 0 aliphatic carbocycles. The summed E-state index contributed by atoms with van der Waals surface area (Å²) in [6.07, 6.45) is 1.77. The molecule has 0 atom stereocenters. The zero-order valence-electron chi connectivity index (χ0n) is 9.67. The van der Waals surface area contributed by atoms with Crippen molar-refractivity contribution in [3.05, 3.63) is 60.8 Å². The summed E-state index contributed by atoms with van der Waals surface area (Å²) in [4.78, 5) is 0. The number of H-pyrrole nitrogens is 1. The third-order valence-electron chi connectivity index (χ3n) is 2.90. The van der Waals surface area contributed by atoms with E-state index in [2.05, 4.69) is 10.2 Å². The molecule has 3 nitrogen and oxygen atoms in total. The highest BCUT2D eigenvalue weighted by molar-refractivity contribution is 5.82. The van der Waals surface area contributed by atoms with Gasteiger partial charge in [0.2, 0.25) is 0 Å². The molecule has 0 fully saturated rings. The summed E-state index contributed by atoms with van der Waals surface area (Å²) in [6, 6.07) is 17.2. The van der Waals surface area contributed by atoms with Crippen molar-refractivity contribution in [1.29, 1.82) is 0 Å². The van der Waals surface area contributed by atoms with Crippen LogP contribution in [-0.2, 0) is 0 Å². The summed E-state index contributed by atoms with van der Waals surface area (Å²) >= 11 is 0. The Balaban J connectivity index is 2.16. The van der Waals surface area contributed by atoms with E-state index in [-0.39, 0.29) is 5.75 Å². The summed E-state index contributed by atoms with van der Waals surface area (Å²) in [5, 5.41) is 16.9. The van der Waals surface area contributed by atoms with Crippen molar-refractivity contribution in [1.82, 2.24) is 10.2 Å². The predicted octanol–water partition coefficient (Wildman–Crippen LogP) is 3.45. The van der Waals surface area contributed by atoms with Gasteiger partial charge in [-0.05, 0) is 17.7 Å². The molecule has 0 unspecified atom stereocenters. The number of aromatic amines is 1. The first kappa shape index (κ1) is 10.6. The molecule has 0 saturated carbocycles. The molecule has 88 valence electrons. The first-order valence-corrected chi connectivity index (χ1v) is 5.73. The van der Waals surface area contributed by atoms with Crippen molar-refractivity contribution in [2.24, 2.45) is 0 Å². The topological polar surface area (TPSA) is 48.9 Å². The van der Waals surface area contributed by atoms with Crippen LogP contribution in [-0.4, -0.2) is 15.3 Å². The molecule has 0 bridgehead atoms. The van der Waals surface area contributed by atoms with Crippen molar-refractivity contribution < 1.29 is 5.11 Å². The van der Waals surface area contributed by atoms with Gasteiger partial charge in [-0.25, -0.2) is 0 Å². The summed E-state index contributed by atoms with van der Waals surface area (Å²) < 4.78 is 0. The number of phenols is 1. The van der Waals surface area contributed by atoms with E-state index in [9.17, 15) is 5.11 Å². The fourth-order valence-electron chi connectivity index (χ4n) is 2.01. The number of nitrogens with one attached hydrogen (secondary N) is 1. The molecule has 2 aromatic carbocycles. The fourth-order valence-corrected chi connectivity index (χ4v) is 2.01. The maximum atomic E-state index is 9.91. The lowest BCUT2D eigenvalue weighted by Crippen LogP contribution is -1.83. The highest BCUT2D eigenvalue weighted by Gasteiger charge is 2.12. The van der Waals surface area contributed by atoms with Crippen LogP contribution >= 0.6 is 0 Å². The predicted molar refractivity (Wildman–Crippen MR) is 71.1 cm³/mol. The van der Waals surface area contributed by atoms with E-state index in [4.69, 9.17) is 0 Å². The summed E-state index contributed by atoms with van der Waals surface area (Å²) in [6.45, 7) is 0. The standard InChI is InChI=1S/C15H12N2O/c18-14-9-5-4-8-12(14)15-13(10-16-17-15)11-6-2-1-3-7-11/h1-10,18H,(H,16,17). The highest BCUT2D eigenvalue weighted by Crippen LogP contribution is 2.34. The van der Waals surface area contributed by atoms with Crippen molar-refractivity contribution >= 4 is 0 Å². The lowest BCUT2D eigenvalue weighted by molar-refractivity contribution is 0.477. The van der Waals surface area contributed by atoms with Crippen LogP contribution in [0.1, 0.15) is 0 Å². The van der Waals surface area contributed by atoms with Gasteiger partial charge in [-0.15, -0.1) is 0 Å². The van der Waals surface area contributed by atoms with Gasteiger partial charge in [0, 0.05) is 11.1 Å². The Labute approximate surface area is 105 Å². The van der Waals surface area contributed by atoms with Gasteiger partial charge in [-0.3, -0.25) is 5.10 Å². The molecule has 0 aliphatic heterocycles. The molecule has 2 N–H and O–H groups in total. The molecule has 3 aromatic rings. The minimum absolute atomic E-state index is 0.249. The van der Waals surface area contributed by atoms with Gasteiger partial charge in [0.1, 0.15) is 5.75 Å². The van der Waals surface area contributed by atoms with Gasteiger partial charge in [0.25, 0.3) is 0 Å². The second-order valence-corrected chi connectivity index (χ2v) is 4.04. The Hall–Kier alpha value is -2.55. The van der Waals surface area contributed by atoms with Crippen molar-refractivity contribution in [3.63, 3.8) is 0 Å². The zero-order valence-corrected chi connectivity index (χ0v) is 9.67. The van der Waals surface area contributed by atoms with Gasteiger partial charge in [-0.2, -0.15) is 5.10 Å². The van der Waals surface area contributed by atoms with Crippen LogP contribution in [0, 0.1) is 0 Å². The van der Waals surface area contributed by atoms with Crippen LogP contribution in [0.2, 0.25) is 0 Å². The molecule has 0 spiro atoms. The quantitative estimate of drug-likeness (QED) is 0.716. The lowest BCUT2D eigenvalue weighted by atomic mass is 10.0. The van der Waals surface area contributed by atoms with E-state index < -0.39 is 0 Å². The second-order valence-electron chi connectivity index (χ2n) is 4.04. The molecular formula is C15H12N2O. The minimum Gasteiger partial charge on any atom is -0.507 e. The molecule has 0 saturated heterocycles. The average molecular weight is 236 g/mol. The minimum atomic E-state index is 0.249. The van der Waals surface area contributed by atoms with E-state index in [1.54, 1.807) is 18.3 Å². The molecule has 1 heterocycles. The summed E-state index contributed by atoms with van der Waals surface area (Å²) in [5.41, 5.74) is 3.65. The largest absolute Gasteiger partial charge is 0.507 e. The van der Waals surface area contributed by atoms with Crippen LogP contribution in [0.15, 0.2) is 60.8 Å². The molecule has 3 rings (SSSR count). The van der Waals surface area contributed by atoms with Gasteiger partial charge >= 0.3 is 0 Å². The van der Waals surface area contributed by atoms with Gasteiger partial charge < -0.3 is 5.11 Å². The van der Waals surface area contributed by atoms with Crippen LogP contribution in [0.4, 0.5) is 0 Å². The zero-order chi connectivity index (χ0) is 12.4. The Bertz CT molecular complexity index is 659. The number of hydrogen-bond donors (Lipinski definition) is 2. The molecular weight excluding hydrogens is 224 g/mol. The molecule has 1 aromatic heterocycles. The first-order chi connectivity index (χ1) is 8.86. The Morgan fingerprint density at radius 1 is 0.833 bits per heavy atom. The number of rotatable bonds is 2. The second kappa shape index (κ2) is 4.37. The molecule has 0 radical (unpaired) electrons. The SMILES string of the molecule is Oc1ccccc1-c1[nH]ncc1-c1ccccc1. The van der Waals surface area contributed by atoms with Gasteiger partial charge in [0.15, 0.2) is 0 Å².